The van der Waals surface area contributed by atoms with Crippen LogP contribution in [0.1, 0.15) is 26.2 Å². The molecule has 0 fully saturated rings. The molecule has 1 rings (SSSR count). The van der Waals surface area contributed by atoms with E-state index in [9.17, 15) is 19.2 Å². The van der Waals surface area contributed by atoms with Crippen molar-refractivity contribution in [3.63, 3.8) is 0 Å². The van der Waals surface area contributed by atoms with E-state index in [0.29, 0.717) is 18.4 Å². The molecule has 0 radical (unpaired) electrons. The van der Waals surface area contributed by atoms with Crippen molar-refractivity contribution in [3.8, 4) is 0 Å². The Hall–Kier alpha value is -2.44. The molecule has 7 heteroatoms. The summed E-state index contributed by atoms with van der Waals surface area (Å²) in [6.45, 7) is 2.04. The minimum absolute atomic E-state index is 0.138. The van der Waals surface area contributed by atoms with Gasteiger partial charge in [0.2, 0.25) is 5.91 Å². The lowest BCUT2D eigenvalue weighted by Gasteiger charge is -2.12. The number of rotatable bonds is 7. The van der Waals surface area contributed by atoms with Crippen LogP contribution in [-0.2, 0) is 28.7 Å². The molecule has 1 aliphatic heterocycles. The van der Waals surface area contributed by atoms with Gasteiger partial charge in [-0.1, -0.05) is 5.57 Å². The van der Waals surface area contributed by atoms with Gasteiger partial charge in [0.15, 0.2) is 0 Å². The third-order valence-electron chi connectivity index (χ3n) is 2.51. The minimum Gasteiger partial charge on any atom is -0.463 e. The topological polar surface area (TPSA) is 98.8 Å². The van der Waals surface area contributed by atoms with Gasteiger partial charge < -0.3 is 9.47 Å². The quantitative estimate of drug-likeness (QED) is 0.316. The Bertz CT molecular complexity index is 492. The molecule has 0 aliphatic carbocycles. The Morgan fingerprint density at radius 2 is 1.90 bits per heavy atom. The van der Waals surface area contributed by atoms with Crippen LogP contribution in [0.3, 0.4) is 0 Å². The summed E-state index contributed by atoms with van der Waals surface area (Å²) in [7, 11) is 0. The standard InChI is InChI=1S/C14H17NO6/c1-2-20-13(18)5-6-14(19)21-7-3-4-10-8-11(16)15-12(17)9-10/h5-6,8H,2-4,7,9H2,1H3,(H,15,16,17)/b6-5+. The van der Waals surface area contributed by atoms with Gasteiger partial charge in [0.05, 0.1) is 13.2 Å². The molecule has 0 spiro atoms. The van der Waals surface area contributed by atoms with Crippen molar-refractivity contribution in [1.29, 1.82) is 0 Å². The second kappa shape index (κ2) is 8.68. The molecule has 0 saturated heterocycles. The highest BCUT2D eigenvalue weighted by Gasteiger charge is 2.15. The molecule has 7 nitrogen and oxygen atoms in total. The van der Waals surface area contributed by atoms with Crippen LogP contribution in [0, 0.1) is 0 Å². The first kappa shape index (κ1) is 16.6. The molecule has 0 aromatic rings. The lowest BCUT2D eigenvalue weighted by molar-refractivity contribution is -0.140. The van der Waals surface area contributed by atoms with E-state index in [0.717, 1.165) is 12.2 Å². The molecule has 1 aliphatic rings. The maximum atomic E-state index is 11.3. The lowest BCUT2D eigenvalue weighted by atomic mass is 10.0. The zero-order valence-electron chi connectivity index (χ0n) is 11.7. The zero-order valence-corrected chi connectivity index (χ0v) is 11.7. The Morgan fingerprint density at radius 1 is 1.24 bits per heavy atom. The van der Waals surface area contributed by atoms with Crippen LogP contribution in [0.25, 0.3) is 0 Å². The van der Waals surface area contributed by atoms with E-state index in [1.54, 1.807) is 6.92 Å². The van der Waals surface area contributed by atoms with Crippen molar-refractivity contribution in [2.45, 2.75) is 26.2 Å². The van der Waals surface area contributed by atoms with Gasteiger partial charge in [-0.3, -0.25) is 14.9 Å². The van der Waals surface area contributed by atoms with Crippen molar-refractivity contribution in [3.05, 3.63) is 23.8 Å². The summed E-state index contributed by atoms with van der Waals surface area (Å²) in [6.07, 6.45) is 4.54. The average Bonchev–Trinajstić information content (AvgIpc) is 2.41. The second-order valence-electron chi connectivity index (χ2n) is 4.25. The molecular formula is C14H17NO6. The Labute approximate surface area is 122 Å². The first-order valence-corrected chi connectivity index (χ1v) is 6.56. The van der Waals surface area contributed by atoms with E-state index in [1.165, 1.54) is 6.08 Å². The largest absolute Gasteiger partial charge is 0.463 e. The predicted octanol–water partition coefficient (Wildman–Crippen LogP) is 0.402. The molecule has 0 bridgehead atoms. The maximum Gasteiger partial charge on any atom is 0.331 e. The normalized spacial score (nSPS) is 14.6. The minimum atomic E-state index is -0.644. The van der Waals surface area contributed by atoms with E-state index in [1.807, 2.05) is 0 Å². The highest BCUT2D eigenvalue weighted by molar-refractivity contribution is 6.05. The van der Waals surface area contributed by atoms with Crippen LogP contribution < -0.4 is 5.32 Å². The third-order valence-corrected chi connectivity index (χ3v) is 2.51. The molecule has 21 heavy (non-hydrogen) atoms. The van der Waals surface area contributed by atoms with Gasteiger partial charge >= 0.3 is 11.9 Å². The van der Waals surface area contributed by atoms with Crippen LogP contribution in [0.4, 0.5) is 0 Å². The van der Waals surface area contributed by atoms with Crippen LogP contribution in [-0.4, -0.2) is 37.0 Å². The average molecular weight is 295 g/mol. The molecule has 1 N–H and O–H groups in total. The summed E-state index contributed by atoms with van der Waals surface area (Å²) in [4.78, 5) is 44.4. The first-order valence-electron chi connectivity index (χ1n) is 6.56. The van der Waals surface area contributed by atoms with E-state index in [-0.39, 0.29) is 25.5 Å². The fourth-order valence-electron chi connectivity index (χ4n) is 1.67. The number of carbonyl (C=O) groups is 4. The summed E-state index contributed by atoms with van der Waals surface area (Å²) in [5.74, 6) is -2.00. The van der Waals surface area contributed by atoms with E-state index >= 15 is 0 Å². The van der Waals surface area contributed by atoms with Gasteiger partial charge in [-0.25, -0.2) is 9.59 Å². The Kier molecular flexibility index (Phi) is 6.86. The number of nitrogens with one attached hydrogen (secondary N) is 1. The lowest BCUT2D eigenvalue weighted by Crippen LogP contribution is -2.32. The summed E-state index contributed by atoms with van der Waals surface area (Å²) in [5, 5.41) is 2.16. The molecule has 0 aromatic heterocycles. The molecule has 0 unspecified atom stereocenters. The summed E-state index contributed by atoms with van der Waals surface area (Å²) < 4.78 is 9.48. The smallest absolute Gasteiger partial charge is 0.331 e. The first-order chi connectivity index (χ1) is 10.0. The van der Waals surface area contributed by atoms with Crippen LogP contribution in [0.2, 0.25) is 0 Å². The molecular weight excluding hydrogens is 278 g/mol. The number of hydrogen-bond acceptors (Lipinski definition) is 6. The van der Waals surface area contributed by atoms with Crippen molar-refractivity contribution in [2.75, 3.05) is 13.2 Å². The fraction of sp³-hybridized carbons (Fsp3) is 0.429. The summed E-state index contributed by atoms with van der Waals surface area (Å²) in [5.41, 5.74) is 0.710. The summed E-state index contributed by atoms with van der Waals surface area (Å²) >= 11 is 0. The molecule has 0 aromatic carbocycles. The van der Waals surface area contributed by atoms with Crippen LogP contribution >= 0.6 is 0 Å². The monoisotopic (exact) mass is 295 g/mol. The number of esters is 2. The molecule has 0 saturated carbocycles. The SMILES string of the molecule is CCOC(=O)/C=C/C(=O)OCCCC1=CC(=O)NC(=O)C1. The second-order valence-corrected chi connectivity index (χ2v) is 4.25. The highest BCUT2D eigenvalue weighted by atomic mass is 16.5. The van der Waals surface area contributed by atoms with Crippen molar-refractivity contribution < 1.29 is 28.7 Å². The van der Waals surface area contributed by atoms with Gasteiger partial charge in [-0.15, -0.1) is 0 Å². The van der Waals surface area contributed by atoms with Gasteiger partial charge in [0.25, 0.3) is 5.91 Å². The summed E-state index contributed by atoms with van der Waals surface area (Å²) in [6, 6.07) is 0. The number of carbonyl (C=O) groups excluding carboxylic acids is 4. The molecule has 0 atom stereocenters. The van der Waals surface area contributed by atoms with E-state index in [4.69, 9.17) is 4.74 Å². The van der Waals surface area contributed by atoms with Gasteiger partial charge in [-0.05, 0) is 19.8 Å². The maximum absolute atomic E-state index is 11.3. The number of amides is 2. The molecule has 1 heterocycles. The number of imide groups is 1. The van der Waals surface area contributed by atoms with Crippen LogP contribution in [0.5, 0.6) is 0 Å². The van der Waals surface area contributed by atoms with E-state index < -0.39 is 17.8 Å². The van der Waals surface area contributed by atoms with Gasteiger partial charge in [0.1, 0.15) is 0 Å². The highest BCUT2D eigenvalue weighted by Crippen LogP contribution is 2.13. The zero-order chi connectivity index (χ0) is 15.7. The Morgan fingerprint density at radius 3 is 2.52 bits per heavy atom. The van der Waals surface area contributed by atoms with Crippen molar-refractivity contribution in [2.24, 2.45) is 0 Å². The third kappa shape index (κ3) is 7.05. The molecule has 114 valence electrons. The van der Waals surface area contributed by atoms with E-state index in [2.05, 4.69) is 10.1 Å². The van der Waals surface area contributed by atoms with Gasteiger partial charge in [-0.2, -0.15) is 0 Å². The fourth-order valence-corrected chi connectivity index (χ4v) is 1.67. The molecule has 2 amide bonds. The van der Waals surface area contributed by atoms with Crippen molar-refractivity contribution in [1.82, 2.24) is 5.32 Å². The number of ether oxygens (including phenoxy) is 2. The Balaban J connectivity index is 2.22. The van der Waals surface area contributed by atoms with Crippen molar-refractivity contribution >= 4 is 23.8 Å². The number of hydrogen-bond donors (Lipinski definition) is 1. The predicted molar refractivity (Wildman–Crippen MR) is 71.8 cm³/mol. The van der Waals surface area contributed by atoms with Gasteiger partial charge in [0, 0.05) is 24.6 Å². The van der Waals surface area contributed by atoms with Crippen LogP contribution in [0.15, 0.2) is 23.8 Å².